The maximum absolute atomic E-state index is 11.9. The van der Waals surface area contributed by atoms with Gasteiger partial charge in [-0.3, -0.25) is 4.79 Å². The summed E-state index contributed by atoms with van der Waals surface area (Å²) in [5, 5.41) is 3.32. The lowest BCUT2D eigenvalue weighted by molar-refractivity contribution is -0.137. The Bertz CT molecular complexity index is 206. The molecule has 82 valence electrons. The number of carbonyl (C=O) groups is 1. The van der Waals surface area contributed by atoms with Crippen LogP contribution in [-0.4, -0.2) is 48.0 Å². The first-order valence-corrected chi connectivity index (χ1v) is 6.47. The molecule has 0 radical (unpaired) electrons. The highest BCUT2D eigenvalue weighted by atomic mass is 32.2. The number of carbonyl (C=O) groups excluding carboxylic acids is 1. The van der Waals surface area contributed by atoms with Crippen molar-refractivity contribution in [3.05, 3.63) is 0 Å². The van der Waals surface area contributed by atoms with Crippen LogP contribution in [0.4, 0.5) is 0 Å². The molecule has 1 heterocycles. The number of hydrogen-bond acceptors (Lipinski definition) is 3. The summed E-state index contributed by atoms with van der Waals surface area (Å²) in [5.74, 6) is 1.23. The Morgan fingerprint density at radius 2 is 2.29 bits per heavy atom. The third-order valence-electron chi connectivity index (χ3n) is 2.62. The van der Waals surface area contributed by atoms with E-state index in [1.165, 1.54) is 0 Å². The van der Waals surface area contributed by atoms with Gasteiger partial charge in [-0.15, -0.1) is 0 Å². The third-order valence-corrected chi connectivity index (χ3v) is 3.23. The zero-order valence-corrected chi connectivity index (χ0v) is 10.1. The summed E-state index contributed by atoms with van der Waals surface area (Å²) in [5.41, 5.74) is -0.0201. The van der Waals surface area contributed by atoms with Crippen LogP contribution in [-0.2, 0) is 4.79 Å². The number of thioether (sulfide) groups is 1. The Balaban J connectivity index is 2.51. The molecule has 0 unspecified atom stereocenters. The zero-order valence-electron chi connectivity index (χ0n) is 9.30. The van der Waals surface area contributed by atoms with E-state index in [0.717, 1.165) is 25.4 Å². The van der Waals surface area contributed by atoms with Crippen molar-refractivity contribution in [2.45, 2.75) is 25.8 Å². The van der Waals surface area contributed by atoms with Gasteiger partial charge in [-0.25, -0.2) is 0 Å². The molecule has 0 bridgehead atoms. The maximum Gasteiger partial charge on any atom is 0.223 e. The highest BCUT2D eigenvalue weighted by Gasteiger charge is 2.32. The van der Waals surface area contributed by atoms with Crippen LogP contribution in [0.15, 0.2) is 0 Å². The van der Waals surface area contributed by atoms with Crippen LogP contribution in [0.2, 0.25) is 0 Å². The van der Waals surface area contributed by atoms with Crippen molar-refractivity contribution in [3.63, 3.8) is 0 Å². The van der Waals surface area contributed by atoms with Crippen molar-refractivity contribution in [2.75, 3.05) is 31.6 Å². The van der Waals surface area contributed by atoms with E-state index in [1.807, 2.05) is 11.2 Å². The zero-order chi connectivity index (χ0) is 10.6. The summed E-state index contributed by atoms with van der Waals surface area (Å²) >= 11 is 1.73. The number of rotatable bonds is 3. The van der Waals surface area contributed by atoms with Crippen molar-refractivity contribution in [3.8, 4) is 0 Å². The van der Waals surface area contributed by atoms with Gasteiger partial charge in [-0.2, -0.15) is 11.8 Å². The number of amides is 1. The maximum atomic E-state index is 11.9. The Labute approximate surface area is 90.6 Å². The molecule has 1 N–H and O–H groups in total. The van der Waals surface area contributed by atoms with Crippen molar-refractivity contribution in [1.82, 2.24) is 10.2 Å². The van der Waals surface area contributed by atoms with Crippen LogP contribution in [0, 0.1) is 0 Å². The second kappa shape index (κ2) is 5.03. The Morgan fingerprint density at radius 3 is 2.86 bits per heavy atom. The Morgan fingerprint density at radius 1 is 1.57 bits per heavy atom. The average molecular weight is 216 g/mol. The summed E-state index contributed by atoms with van der Waals surface area (Å²) < 4.78 is 0. The molecule has 0 saturated carbocycles. The van der Waals surface area contributed by atoms with Gasteiger partial charge in [0.25, 0.3) is 0 Å². The summed E-state index contributed by atoms with van der Waals surface area (Å²) in [6.07, 6.45) is 2.71. The van der Waals surface area contributed by atoms with E-state index in [9.17, 15) is 4.79 Å². The molecule has 0 spiro atoms. The van der Waals surface area contributed by atoms with Crippen molar-refractivity contribution < 1.29 is 4.79 Å². The van der Waals surface area contributed by atoms with Gasteiger partial charge in [0.15, 0.2) is 0 Å². The molecule has 3 nitrogen and oxygen atoms in total. The highest BCUT2D eigenvalue weighted by Crippen LogP contribution is 2.17. The molecular weight excluding hydrogens is 196 g/mol. The van der Waals surface area contributed by atoms with E-state index in [2.05, 4.69) is 19.2 Å². The monoisotopic (exact) mass is 216 g/mol. The fourth-order valence-electron chi connectivity index (χ4n) is 1.77. The predicted octanol–water partition coefficient (Wildman–Crippen LogP) is 0.950. The summed E-state index contributed by atoms with van der Waals surface area (Å²) in [6, 6.07) is 0. The summed E-state index contributed by atoms with van der Waals surface area (Å²) in [7, 11) is 0. The molecule has 1 fully saturated rings. The Hall–Kier alpha value is -0.220. The van der Waals surface area contributed by atoms with Crippen LogP contribution < -0.4 is 5.32 Å². The molecule has 1 saturated heterocycles. The molecule has 1 aliphatic rings. The lowest BCUT2D eigenvalue weighted by Gasteiger charge is -2.43. The van der Waals surface area contributed by atoms with Gasteiger partial charge in [0.1, 0.15) is 0 Å². The molecule has 0 aromatic rings. The minimum atomic E-state index is -0.0201. The fraction of sp³-hybridized carbons (Fsp3) is 0.900. The minimum absolute atomic E-state index is 0.0201. The molecule has 0 atom stereocenters. The van der Waals surface area contributed by atoms with Crippen LogP contribution in [0.25, 0.3) is 0 Å². The Kier molecular flexibility index (Phi) is 4.26. The van der Waals surface area contributed by atoms with E-state index in [4.69, 9.17) is 0 Å². The number of nitrogens with zero attached hydrogens (tertiary/aromatic N) is 1. The van der Waals surface area contributed by atoms with Crippen molar-refractivity contribution in [2.24, 2.45) is 0 Å². The topological polar surface area (TPSA) is 32.3 Å². The van der Waals surface area contributed by atoms with Crippen LogP contribution in [0.5, 0.6) is 0 Å². The minimum Gasteiger partial charge on any atom is -0.335 e. The van der Waals surface area contributed by atoms with E-state index < -0.39 is 0 Å². The van der Waals surface area contributed by atoms with E-state index >= 15 is 0 Å². The average Bonchev–Trinajstić information content (AvgIpc) is 2.13. The first-order valence-electron chi connectivity index (χ1n) is 5.08. The molecule has 0 aliphatic carbocycles. The lowest BCUT2D eigenvalue weighted by atomic mass is 10.00. The SMILES string of the molecule is CSCCC(=O)N1CCNCC1(C)C. The molecule has 0 aromatic heterocycles. The van der Waals surface area contributed by atoms with Crippen LogP contribution in [0.1, 0.15) is 20.3 Å². The van der Waals surface area contributed by atoms with Gasteiger partial charge < -0.3 is 10.2 Å². The first-order chi connectivity index (χ1) is 6.58. The van der Waals surface area contributed by atoms with Gasteiger partial charge in [0.2, 0.25) is 5.91 Å². The highest BCUT2D eigenvalue weighted by molar-refractivity contribution is 7.98. The predicted molar refractivity (Wildman–Crippen MR) is 61.7 cm³/mol. The second-order valence-corrected chi connectivity index (χ2v) is 5.26. The largest absolute Gasteiger partial charge is 0.335 e. The molecule has 14 heavy (non-hydrogen) atoms. The number of nitrogens with one attached hydrogen (secondary N) is 1. The van der Waals surface area contributed by atoms with Crippen LogP contribution >= 0.6 is 11.8 Å². The summed E-state index contributed by atoms with van der Waals surface area (Å²) in [4.78, 5) is 13.9. The molecule has 1 amide bonds. The number of piperazine rings is 1. The van der Waals surface area contributed by atoms with Crippen LogP contribution in [0.3, 0.4) is 0 Å². The van der Waals surface area contributed by atoms with Crippen molar-refractivity contribution >= 4 is 17.7 Å². The quantitative estimate of drug-likeness (QED) is 0.762. The first kappa shape index (κ1) is 11.9. The van der Waals surface area contributed by atoms with Crippen molar-refractivity contribution in [1.29, 1.82) is 0 Å². The standard InChI is InChI=1S/C10H20N2OS/c1-10(2)8-11-5-6-12(10)9(13)4-7-14-3/h11H,4-8H2,1-3H3. The van der Waals surface area contributed by atoms with Gasteiger partial charge >= 0.3 is 0 Å². The number of hydrogen-bond donors (Lipinski definition) is 1. The van der Waals surface area contributed by atoms with E-state index in [1.54, 1.807) is 11.8 Å². The van der Waals surface area contributed by atoms with E-state index in [0.29, 0.717) is 12.3 Å². The third kappa shape index (κ3) is 2.89. The smallest absolute Gasteiger partial charge is 0.223 e. The lowest BCUT2D eigenvalue weighted by Crippen LogP contribution is -2.59. The summed E-state index contributed by atoms with van der Waals surface area (Å²) in [6.45, 7) is 6.92. The molecule has 1 aliphatic heterocycles. The molecule has 4 heteroatoms. The molecule has 0 aromatic carbocycles. The van der Waals surface area contributed by atoms with Gasteiger partial charge in [0.05, 0.1) is 0 Å². The normalized spacial score (nSPS) is 20.9. The van der Waals surface area contributed by atoms with Gasteiger partial charge in [-0.05, 0) is 20.1 Å². The second-order valence-electron chi connectivity index (χ2n) is 4.28. The molecule has 1 rings (SSSR count). The fourth-order valence-corrected chi connectivity index (χ4v) is 2.15. The van der Waals surface area contributed by atoms with E-state index in [-0.39, 0.29) is 5.54 Å². The molecular formula is C10H20N2OS. The van der Waals surface area contributed by atoms with Gasteiger partial charge in [-0.1, -0.05) is 0 Å². The van der Waals surface area contributed by atoms with Gasteiger partial charge in [0, 0.05) is 37.3 Å².